The van der Waals surface area contributed by atoms with Gasteiger partial charge in [-0.3, -0.25) is 9.79 Å². The van der Waals surface area contributed by atoms with E-state index in [9.17, 15) is 4.79 Å². The van der Waals surface area contributed by atoms with Crippen molar-refractivity contribution in [3.8, 4) is 5.75 Å². The first kappa shape index (κ1) is 17.8. The maximum atomic E-state index is 10.8. The number of ether oxygens (including phenoxy) is 1. The molecular formula is C17H22N4O2S. The number of carbonyl (C=O) groups is 1. The fraction of sp³-hybridized carbons (Fsp3) is 0.294. The summed E-state index contributed by atoms with van der Waals surface area (Å²) >= 11 is 1.69. The van der Waals surface area contributed by atoms with Gasteiger partial charge in [-0.1, -0.05) is 12.1 Å². The normalized spacial score (nSPS) is 11.2. The summed E-state index contributed by atoms with van der Waals surface area (Å²) in [4.78, 5) is 17.2. The van der Waals surface area contributed by atoms with Gasteiger partial charge in [-0.15, -0.1) is 0 Å². The molecule has 0 aliphatic heterocycles. The fourth-order valence-corrected chi connectivity index (χ4v) is 2.86. The van der Waals surface area contributed by atoms with Crippen molar-refractivity contribution in [3.63, 3.8) is 0 Å². The highest BCUT2D eigenvalue weighted by molar-refractivity contribution is 7.07. The van der Waals surface area contributed by atoms with E-state index in [2.05, 4.69) is 32.0 Å². The van der Waals surface area contributed by atoms with Crippen LogP contribution in [0.25, 0.3) is 0 Å². The lowest BCUT2D eigenvalue weighted by molar-refractivity contribution is -0.119. The number of primary amides is 1. The molecule has 128 valence electrons. The number of nitrogens with zero attached hydrogens (tertiary/aromatic N) is 2. The number of amides is 1. The molecule has 0 radical (unpaired) electrons. The van der Waals surface area contributed by atoms with Gasteiger partial charge in [0.05, 0.1) is 0 Å². The van der Waals surface area contributed by atoms with Gasteiger partial charge in [0.15, 0.2) is 12.6 Å². The Kier molecular flexibility index (Phi) is 6.62. The number of aliphatic imine (C=N–C) groups is 1. The summed E-state index contributed by atoms with van der Waals surface area (Å²) in [5.74, 6) is 0.938. The Bertz CT molecular complexity index is 686. The van der Waals surface area contributed by atoms with Crippen LogP contribution in [0.3, 0.4) is 0 Å². The second-order valence-corrected chi connectivity index (χ2v) is 6.07. The Morgan fingerprint density at radius 1 is 1.38 bits per heavy atom. The topological polar surface area (TPSA) is 80.0 Å². The lowest BCUT2D eigenvalue weighted by Crippen LogP contribution is -2.37. The summed E-state index contributed by atoms with van der Waals surface area (Å²) in [6, 6.07) is 9.64. The zero-order valence-corrected chi connectivity index (χ0v) is 14.7. The first-order valence-electron chi connectivity index (χ1n) is 7.51. The lowest BCUT2D eigenvalue weighted by Gasteiger charge is -2.21. The molecule has 1 aromatic heterocycles. The van der Waals surface area contributed by atoms with Gasteiger partial charge in [0.2, 0.25) is 0 Å². The standard InChI is InChI=1S/C17H22N4O2S/c1-19-17(21(2)10-14-6-7-24-12-14)20-9-13-4-3-5-15(8-13)23-11-16(18)22/h3-8,12H,9-11H2,1-2H3,(H2,18,22)(H,19,20). The van der Waals surface area contributed by atoms with Gasteiger partial charge in [0.1, 0.15) is 5.75 Å². The zero-order valence-electron chi connectivity index (χ0n) is 13.9. The number of nitrogens with two attached hydrogens (primary N) is 1. The van der Waals surface area contributed by atoms with E-state index in [1.165, 1.54) is 5.56 Å². The number of thiophene rings is 1. The van der Waals surface area contributed by atoms with E-state index < -0.39 is 5.91 Å². The maximum Gasteiger partial charge on any atom is 0.255 e. The number of rotatable bonds is 7. The number of guanidine groups is 1. The molecule has 3 N–H and O–H groups in total. The largest absolute Gasteiger partial charge is 0.484 e. The molecule has 1 amide bonds. The Morgan fingerprint density at radius 3 is 2.88 bits per heavy atom. The van der Waals surface area contributed by atoms with Crippen LogP contribution >= 0.6 is 11.3 Å². The Balaban J connectivity index is 1.90. The first-order chi connectivity index (χ1) is 11.6. The molecule has 2 rings (SSSR count). The average molecular weight is 346 g/mol. The van der Waals surface area contributed by atoms with Gasteiger partial charge in [-0.2, -0.15) is 11.3 Å². The van der Waals surface area contributed by atoms with Crippen molar-refractivity contribution in [2.24, 2.45) is 10.7 Å². The monoisotopic (exact) mass is 346 g/mol. The smallest absolute Gasteiger partial charge is 0.255 e. The molecule has 6 nitrogen and oxygen atoms in total. The number of hydrogen-bond donors (Lipinski definition) is 2. The van der Waals surface area contributed by atoms with Gasteiger partial charge in [-0.05, 0) is 40.1 Å². The summed E-state index contributed by atoms with van der Waals surface area (Å²) in [6.07, 6.45) is 0. The third-order valence-corrected chi connectivity index (χ3v) is 4.04. The van der Waals surface area contributed by atoms with Crippen LogP contribution in [-0.4, -0.2) is 37.5 Å². The first-order valence-corrected chi connectivity index (χ1v) is 8.45. The van der Waals surface area contributed by atoms with E-state index in [0.29, 0.717) is 12.3 Å². The zero-order chi connectivity index (χ0) is 17.4. The highest BCUT2D eigenvalue weighted by Crippen LogP contribution is 2.13. The minimum absolute atomic E-state index is 0.123. The predicted molar refractivity (Wildman–Crippen MR) is 97.1 cm³/mol. The van der Waals surface area contributed by atoms with Crippen LogP contribution in [0.1, 0.15) is 11.1 Å². The van der Waals surface area contributed by atoms with E-state index >= 15 is 0 Å². The summed E-state index contributed by atoms with van der Waals surface area (Å²) in [7, 11) is 3.76. The lowest BCUT2D eigenvalue weighted by atomic mass is 10.2. The van der Waals surface area contributed by atoms with E-state index in [1.807, 2.05) is 25.2 Å². The van der Waals surface area contributed by atoms with Crippen LogP contribution in [0, 0.1) is 0 Å². The molecule has 0 unspecified atom stereocenters. The van der Waals surface area contributed by atoms with E-state index in [4.69, 9.17) is 10.5 Å². The second-order valence-electron chi connectivity index (χ2n) is 5.29. The molecule has 7 heteroatoms. The van der Waals surface area contributed by atoms with Crippen LogP contribution < -0.4 is 15.8 Å². The SMILES string of the molecule is CN=C(NCc1cccc(OCC(N)=O)c1)N(C)Cc1ccsc1. The van der Waals surface area contributed by atoms with Gasteiger partial charge in [0, 0.05) is 27.2 Å². The second kappa shape index (κ2) is 8.93. The van der Waals surface area contributed by atoms with Crippen LogP contribution in [0.5, 0.6) is 5.75 Å². The van der Waals surface area contributed by atoms with Crippen molar-refractivity contribution in [2.45, 2.75) is 13.1 Å². The van der Waals surface area contributed by atoms with Gasteiger partial charge >= 0.3 is 0 Å². The van der Waals surface area contributed by atoms with Crippen LogP contribution in [0.15, 0.2) is 46.1 Å². The quantitative estimate of drug-likeness (QED) is 0.592. The number of hydrogen-bond acceptors (Lipinski definition) is 4. The third kappa shape index (κ3) is 5.58. The van der Waals surface area contributed by atoms with Crippen LogP contribution in [0.4, 0.5) is 0 Å². The maximum absolute atomic E-state index is 10.8. The molecular weight excluding hydrogens is 324 g/mol. The molecule has 0 saturated carbocycles. The molecule has 0 aliphatic rings. The molecule has 0 atom stereocenters. The van der Waals surface area contributed by atoms with Crippen molar-refractivity contribution >= 4 is 23.2 Å². The Hall–Kier alpha value is -2.54. The molecule has 0 spiro atoms. The van der Waals surface area contributed by atoms with E-state index in [1.54, 1.807) is 24.5 Å². The summed E-state index contributed by atoms with van der Waals surface area (Å²) < 4.78 is 5.32. The minimum atomic E-state index is -0.492. The highest BCUT2D eigenvalue weighted by atomic mass is 32.1. The molecule has 2 aromatic rings. The molecule has 0 bridgehead atoms. The third-order valence-electron chi connectivity index (χ3n) is 3.30. The molecule has 1 heterocycles. The van der Waals surface area contributed by atoms with Crippen molar-refractivity contribution in [1.29, 1.82) is 0 Å². The van der Waals surface area contributed by atoms with Gasteiger partial charge in [-0.25, -0.2) is 0 Å². The number of nitrogens with one attached hydrogen (secondary N) is 1. The Morgan fingerprint density at radius 2 is 2.21 bits per heavy atom. The summed E-state index contributed by atoms with van der Waals surface area (Å²) in [5, 5.41) is 7.52. The van der Waals surface area contributed by atoms with E-state index in [-0.39, 0.29) is 6.61 Å². The molecule has 0 fully saturated rings. The van der Waals surface area contributed by atoms with Crippen molar-refractivity contribution < 1.29 is 9.53 Å². The Labute approximate surface area is 146 Å². The molecule has 1 aromatic carbocycles. The van der Waals surface area contributed by atoms with Crippen molar-refractivity contribution in [2.75, 3.05) is 20.7 Å². The van der Waals surface area contributed by atoms with Crippen LogP contribution in [0.2, 0.25) is 0 Å². The molecule has 0 aliphatic carbocycles. The predicted octanol–water partition coefficient (Wildman–Crippen LogP) is 1.82. The highest BCUT2D eigenvalue weighted by Gasteiger charge is 2.07. The van der Waals surface area contributed by atoms with Crippen LogP contribution in [-0.2, 0) is 17.9 Å². The van der Waals surface area contributed by atoms with E-state index in [0.717, 1.165) is 18.1 Å². The average Bonchev–Trinajstić information content (AvgIpc) is 3.07. The number of carbonyl (C=O) groups excluding carboxylic acids is 1. The van der Waals surface area contributed by atoms with Crippen molar-refractivity contribution in [1.82, 2.24) is 10.2 Å². The molecule has 24 heavy (non-hydrogen) atoms. The summed E-state index contributed by atoms with van der Waals surface area (Å²) in [5.41, 5.74) is 7.37. The summed E-state index contributed by atoms with van der Waals surface area (Å²) in [6.45, 7) is 1.28. The number of benzene rings is 1. The van der Waals surface area contributed by atoms with Gasteiger partial charge in [0.25, 0.3) is 5.91 Å². The van der Waals surface area contributed by atoms with Gasteiger partial charge < -0.3 is 20.7 Å². The minimum Gasteiger partial charge on any atom is -0.484 e. The van der Waals surface area contributed by atoms with Crippen molar-refractivity contribution in [3.05, 3.63) is 52.2 Å². The fourth-order valence-electron chi connectivity index (χ4n) is 2.20. The molecule has 0 saturated heterocycles.